The van der Waals surface area contributed by atoms with E-state index in [1.165, 1.54) is 16.4 Å². The zero-order valence-electron chi connectivity index (χ0n) is 10.2. The van der Waals surface area contributed by atoms with Gasteiger partial charge in [-0.2, -0.15) is 4.31 Å². The van der Waals surface area contributed by atoms with E-state index in [4.69, 9.17) is 9.84 Å². The van der Waals surface area contributed by atoms with Crippen molar-refractivity contribution in [1.82, 2.24) is 4.31 Å². The maximum Gasteiger partial charge on any atom is 0.243 e. The van der Waals surface area contributed by atoms with Crippen molar-refractivity contribution in [2.24, 2.45) is 0 Å². The minimum Gasteiger partial charge on any atom is -0.491 e. The Morgan fingerprint density at radius 2 is 1.94 bits per heavy atom. The van der Waals surface area contributed by atoms with Crippen molar-refractivity contribution in [3.8, 4) is 5.75 Å². The van der Waals surface area contributed by atoms with E-state index in [-0.39, 0.29) is 24.2 Å². The summed E-state index contributed by atoms with van der Waals surface area (Å²) in [5.41, 5.74) is 0. The van der Waals surface area contributed by atoms with Crippen LogP contribution >= 0.6 is 0 Å². The van der Waals surface area contributed by atoms with Crippen LogP contribution < -0.4 is 4.74 Å². The fourth-order valence-corrected chi connectivity index (χ4v) is 3.09. The minimum atomic E-state index is -3.38. The Kier molecular flexibility index (Phi) is 3.89. The molecule has 0 unspecified atom stereocenters. The summed E-state index contributed by atoms with van der Waals surface area (Å²) >= 11 is 0. The molecule has 1 N–H and O–H groups in total. The number of sulfonamides is 1. The Labute approximate surface area is 107 Å². The van der Waals surface area contributed by atoms with Gasteiger partial charge in [-0.15, -0.1) is 0 Å². The lowest BCUT2D eigenvalue weighted by atomic mass is 10.3. The Morgan fingerprint density at radius 3 is 2.44 bits per heavy atom. The Morgan fingerprint density at radius 1 is 1.33 bits per heavy atom. The molecule has 0 bridgehead atoms. The van der Waals surface area contributed by atoms with E-state index < -0.39 is 10.0 Å². The van der Waals surface area contributed by atoms with Gasteiger partial charge in [0.05, 0.1) is 11.5 Å². The summed E-state index contributed by atoms with van der Waals surface area (Å²) in [7, 11) is -1.77. The topological polar surface area (TPSA) is 66.8 Å². The third kappa shape index (κ3) is 2.82. The highest BCUT2D eigenvalue weighted by Crippen LogP contribution is 2.30. The number of benzene rings is 1. The second-order valence-electron chi connectivity index (χ2n) is 4.30. The van der Waals surface area contributed by atoms with E-state index in [0.29, 0.717) is 5.75 Å². The summed E-state index contributed by atoms with van der Waals surface area (Å²) < 4.78 is 31.0. The lowest BCUT2D eigenvalue weighted by molar-refractivity contribution is 0.201. The molecule has 0 atom stereocenters. The van der Waals surface area contributed by atoms with Crippen molar-refractivity contribution < 1.29 is 18.3 Å². The van der Waals surface area contributed by atoms with E-state index in [1.807, 2.05) is 0 Å². The van der Waals surface area contributed by atoms with Crippen LogP contribution in [-0.2, 0) is 10.0 Å². The maximum absolute atomic E-state index is 12.2. The lowest BCUT2D eigenvalue weighted by Crippen LogP contribution is -2.28. The van der Waals surface area contributed by atoms with Crippen LogP contribution in [0.3, 0.4) is 0 Å². The number of rotatable bonds is 6. The van der Waals surface area contributed by atoms with E-state index in [0.717, 1.165) is 12.8 Å². The third-order valence-corrected chi connectivity index (χ3v) is 4.85. The molecular formula is C12H17NO4S. The number of hydrogen-bond donors (Lipinski definition) is 1. The van der Waals surface area contributed by atoms with E-state index >= 15 is 0 Å². The molecule has 18 heavy (non-hydrogen) atoms. The Hall–Kier alpha value is -1.11. The second kappa shape index (κ2) is 5.26. The van der Waals surface area contributed by atoms with Gasteiger partial charge in [0.25, 0.3) is 0 Å². The first kappa shape index (κ1) is 13.3. The Balaban J connectivity index is 2.13. The molecule has 1 fully saturated rings. The minimum absolute atomic E-state index is 0.0650. The van der Waals surface area contributed by atoms with Crippen LogP contribution in [0.1, 0.15) is 12.8 Å². The van der Waals surface area contributed by atoms with Crippen molar-refractivity contribution in [2.45, 2.75) is 23.8 Å². The fourth-order valence-electron chi connectivity index (χ4n) is 1.67. The predicted molar refractivity (Wildman–Crippen MR) is 67.0 cm³/mol. The summed E-state index contributed by atoms with van der Waals surface area (Å²) in [5, 5.41) is 8.62. The molecule has 0 saturated heterocycles. The smallest absolute Gasteiger partial charge is 0.243 e. The normalized spacial score (nSPS) is 15.9. The van der Waals surface area contributed by atoms with Crippen LogP contribution in [0, 0.1) is 0 Å². The van der Waals surface area contributed by atoms with Crippen molar-refractivity contribution in [1.29, 1.82) is 0 Å². The van der Waals surface area contributed by atoms with Crippen molar-refractivity contribution in [3.63, 3.8) is 0 Å². The molecular weight excluding hydrogens is 254 g/mol. The van der Waals surface area contributed by atoms with Gasteiger partial charge in [-0.05, 0) is 37.1 Å². The van der Waals surface area contributed by atoms with Gasteiger partial charge in [0.1, 0.15) is 12.4 Å². The lowest BCUT2D eigenvalue weighted by Gasteiger charge is -2.16. The molecule has 0 amide bonds. The molecule has 1 aliphatic carbocycles. The van der Waals surface area contributed by atoms with E-state index in [9.17, 15) is 8.42 Å². The van der Waals surface area contributed by atoms with Crippen molar-refractivity contribution in [2.75, 3.05) is 20.3 Å². The highest BCUT2D eigenvalue weighted by molar-refractivity contribution is 7.89. The van der Waals surface area contributed by atoms with Gasteiger partial charge in [0.15, 0.2) is 0 Å². The van der Waals surface area contributed by atoms with Gasteiger partial charge in [-0.3, -0.25) is 0 Å². The van der Waals surface area contributed by atoms with Crippen LogP contribution in [0.15, 0.2) is 29.2 Å². The van der Waals surface area contributed by atoms with Gasteiger partial charge in [0, 0.05) is 13.1 Å². The molecule has 2 rings (SSSR count). The summed E-state index contributed by atoms with van der Waals surface area (Å²) in [4.78, 5) is 0.272. The SMILES string of the molecule is CN(C1CC1)S(=O)(=O)c1ccc(OCCO)cc1. The number of aliphatic hydroxyl groups excluding tert-OH is 1. The number of nitrogens with zero attached hydrogens (tertiary/aromatic N) is 1. The number of ether oxygens (including phenoxy) is 1. The quantitative estimate of drug-likeness (QED) is 0.832. The van der Waals surface area contributed by atoms with Crippen LogP contribution in [0.25, 0.3) is 0 Å². The first-order valence-corrected chi connectivity index (χ1v) is 7.31. The summed E-state index contributed by atoms with van der Waals surface area (Å²) in [6.07, 6.45) is 1.88. The van der Waals surface area contributed by atoms with Crippen LogP contribution in [0.4, 0.5) is 0 Å². The first-order chi connectivity index (χ1) is 8.55. The average molecular weight is 271 g/mol. The standard InChI is InChI=1S/C12H17NO4S/c1-13(10-2-3-10)18(15,16)12-6-4-11(5-7-12)17-9-8-14/h4-7,10,14H,2-3,8-9H2,1H3. The largest absolute Gasteiger partial charge is 0.491 e. The molecule has 0 radical (unpaired) electrons. The van der Waals surface area contributed by atoms with Gasteiger partial charge in [-0.25, -0.2) is 8.42 Å². The van der Waals surface area contributed by atoms with E-state index in [2.05, 4.69) is 0 Å². The highest BCUT2D eigenvalue weighted by Gasteiger charge is 2.34. The van der Waals surface area contributed by atoms with Gasteiger partial charge >= 0.3 is 0 Å². The van der Waals surface area contributed by atoms with E-state index in [1.54, 1.807) is 19.2 Å². The van der Waals surface area contributed by atoms with Crippen LogP contribution in [-0.4, -0.2) is 44.1 Å². The van der Waals surface area contributed by atoms with Crippen molar-refractivity contribution in [3.05, 3.63) is 24.3 Å². The predicted octanol–water partition coefficient (Wildman–Crippen LogP) is 0.841. The number of aliphatic hydroxyl groups is 1. The molecule has 1 aromatic rings. The first-order valence-electron chi connectivity index (χ1n) is 5.87. The third-order valence-electron chi connectivity index (χ3n) is 2.92. The molecule has 1 aliphatic rings. The monoisotopic (exact) mass is 271 g/mol. The molecule has 0 spiro atoms. The maximum atomic E-state index is 12.2. The molecule has 0 aliphatic heterocycles. The molecule has 100 valence electrons. The molecule has 5 nitrogen and oxygen atoms in total. The fraction of sp³-hybridized carbons (Fsp3) is 0.500. The zero-order valence-corrected chi connectivity index (χ0v) is 11.1. The van der Waals surface area contributed by atoms with Crippen LogP contribution in [0.2, 0.25) is 0 Å². The zero-order chi connectivity index (χ0) is 13.2. The van der Waals surface area contributed by atoms with Crippen LogP contribution in [0.5, 0.6) is 5.75 Å². The molecule has 1 saturated carbocycles. The molecule has 1 aromatic carbocycles. The summed E-state index contributed by atoms with van der Waals surface area (Å²) in [6.45, 7) is 0.137. The summed E-state index contributed by atoms with van der Waals surface area (Å²) in [5.74, 6) is 0.553. The van der Waals surface area contributed by atoms with Crippen molar-refractivity contribution >= 4 is 10.0 Å². The van der Waals surface area contributed by atoms with Gasteiger partial charge < -0.3 is 9.84 Å². The molecule has 6 heteroatoms. The highest BCUT2D eigenvalue weighted by atomic mass is 32.2. The molecule has 0 aromatic heterocycles. The Bertz CT molecular complexity index is 493. The average Bonchev–Trinajstić information content (AvgIpc) is 3.20. The number of hydrogen-bond acceptors (Lipinski definition) is 4. The second-order valence-corrected chi connectivity index (χ2v) is 6.29. The van der Waals surface area contributed by atoms with Gasteiger partial charge in [0.2, 0.25) is 10.0 Å². The van der Waals surface area contributed by atoms with Gasteiger partial charge in [-0.1, -0.05) is 0 Å². The summed E-state index contributed by atoms with van der Waals surface area (Å²) in [6, 6.07) is 6.41. The molecule has 0 heterocycles.